The number of hydrogen-bond donors (Lipinski definition) is 2. The number of benzene rings is 2. The van der Waals surface area contributed by atoms with Crippen LogP contribution in [0.25, 0.3) is 6.08 Å². The summed E-state index contributed by atoms with van der Waals surface area (Å²) in [6.07, 6.45) is 3.31. The molecule has 0 unspecified atom stereocenters. The molecule has 0 radical (unpaired) electrons. The molecule has 2 aromatic rings. The molecule has 0 bridgehead atoms. The highest BCUT2D eigenvalue weighted by Gasteiger charge is 2.16. The summed E-state index contributed by atoms with van der Waals surface area (Å²) >= 11 is 3.44. The zero-order valence-electron chi connectivity index (χ0n) is 14.8. The zero-order chi connectivity index (χ0) is 18.2. The molecule has 0 aliphatic carbocycles. The fourth-order valence-electron chi connectivity index (χ4n) is 2.57. The number of carbonyl (C=O) groups excluding carboxylic acids is 1. The molecule has 0 aromatic heterocycles. The van der Waals surface area contributed by atoms with Crippen molar-refractivity contribution in [1.29, 1.82) is 0 Å². The van der Waals surface area contributed by atoms with Crippen molar-refractivity contribution in [3.63, 3.8) is 0 Å². The van der Waals surface area contributed by atoms with Crippen LogP contribution in [0.2, 0.25) is 0 Å². The van der Waals surface area contributed by atoms with E-state index in [-0.39, 0.29) is 11.9 Å². The van der Waals surface area contributed by atoms with Crippen LogP contribution in [0.4, 0.5) is 0 Å². The van der Waals surface area contributed by atoms with Gasteiger partial charge in [0.05, 0.1) is 21.2 Å². The maximum absolute atomic E-state index is 12.4. The number of nitrogens with one attached hydrogen (secondary N) is 2. The third kappa shape index (κ3) is 6.03. The molecule has 0 fully saturated rings. The maximum atomic E-state index is 12.4. The van der Waals surface area contributed by atoms with Gasteiger partial charge in [0.2, 0.25) is 5.91 Å². The van der Waals surface area contributed by atoms with Crippen molar-refractivity contribution in [3.05, 3.63) is 70.2 Å². The van der Waals surface area contributed by atoms with Crippen LogP contribution >= 0.6 is 15.9 Å². The van der Waals surface area contributed by atoms with Gasteiger partial charge in [0.1, 0.15) is 18.3 Å². The van der Waals surface area contributed by atoms with Crippen LogP contribution in [0.15, 0.2) is 59.1 Å². The number of rotatable bonds is 7. The van der Waals surface area contributed by atoms with Gasteiger partial charge in [-0.3, -0.25) is 4.79 Å². The number of ether oxygens (including phenoxy) is 1. The summed E-state index contributed by atoms with van der Waals surface area (Å²) in [6, 6.07) is 15.7. The van der Waals surface area contributed by atoms with E-state index in [1.165, 1.54) is 4.90 Å². The van der Waals surface area contributed by atoms with E-state index in [1.54, 1.807) is 19.3 Å². The monoisotopic (exact) mass is 403 g/mol. The first kappa shape index (κ1) is 19.2. The summed E-state index contributed by atoms with van der Waals surface area (Å²) in [5.41, 5.74) is 1.95. The summed E-state index contributed by atoms with van der Waals surface area (Å²) in [4.78, 5) is 13.7. The van der Waals surface area contributed by atoms with Gasteiger partial charge < -0.3 is 15.0 Å². The number of hydrogen-bond acceptors (Lipinski definition) is 2. The normalized spacial score (nSPS) is 12.4. The molecule has 2 aromatic carbocycles. The van der Waals surface area contributed by atoms with Gasteiger partial charge >= 0.3 is 0 Å². The molecule has 0 aliphatic rings. The molecule has 1 atom stereocenters. The highest BCUT2D eigenvalue weighted by molar-refractivity contribution is 9.10. The molecule has 2 N–H and O–H groups in total. The SMILES string of the molecule is COc1ccc(Br)cc1/C=C/C(=O)N[C@@H](C[NH+](C)C)c1ccccc1. The molecular weight excluding hydrogens is 380 g/mol. The fraction of sp³-hybridized carbons (Fsp3) is 0.250. The molecule has 132 valence electrons. The Balaban J connectivity index is 2.12. The maximum Gasteiger partial charge on any atom is 0.244 e. The molecule has 1 amide bonds. The van der Waals surface area contributed by atoms with Crippen LogP contribution in [0.5, 0.6) is 5.75 Å². The first-order valence-electron chi connectivity index (χ1n) is 8.15. The zero-order valence-corrected chi connectivity index (χ0v) is 16.3. The van der Waals surface area contributed by atoms with E-state index in [0.29, 0.717) is 0 Å². The number of halogens is 1. The number of amides is 1. The highest BCUT2D eigenvalue weighted by Crippen LogP contribution is 2.24. The predicted molar refractivity (Wildman–Crippen MR) is 105 cm³/mol. The third-order valence-electron chi connectivity index (χ3n) is 3.74. The number of likely N-dealkylation sites (N-methyl/N-ethyl adjacent to an activating group) is 1. The Hall–Kier alpha value is -2.11. The van der Waals surface area contributed by atoms with Gasteiger partial charge in [-0.15, -0.1) is 0 Å². The minimum Gasteiger partial charge on any atom is -0.496 e. The topological polar surface area (TPSA) is 42.8 Å². The fourth-order valence-corrected chi connectivity index (χ4v) is 2.95. The van der Waals surface area contributed by atoms with E-state index in [9.17, 15) is 4.79 Å². The van der Waals surface area contributed by atoms with Gasteiger partial charge in [-0.25, -0.2) is 0 Å². The lowest BCUT2D eigenvalue weighted by Crippen LogP contribution is -3.06. The van der Waals surface area contributed by atoms with Gasteiger partial charge in [0.15, 0.2) is 0 Å². The van der Waals surface area contributed by atoms with Crippen molar-refractivity contribution < 1.29 is 14.4 Å². The summed E-state index contributed by atoms with van der Waals surface area (Å²) in [7, 11) is 5.76. The summed E-state index contributed by atoms with van der Waals surface area (Å²) < 4.78 is 6.27. The lowest BCUT2D eigenvalue weighted by Gasteiger charge is -2.20. The van der Waals surface area contributed by atoms with E-state index in [0.717, 1.165) is 27.9 Å². The number of carbonyl (C=O) groups is 1. The molecule has 0 saturated heterocycles. The van der Waals surface area contributed by atoms with Crippen molar-refractivity contribution in [3.8, 4) is 5.75 Å². The van der Waals surface area contributed by atoms with Gasteiger partial charge in [-0.05, 0) is 29.8 Å². The Labute approximate surface area is 157 Å². The Morgan fingerprint density at radius 1 is 1.24 bits per heavy atom. The average molecular weight is 404 g/mol. The molecular formula is C20H24BrN2O2+. The van der Waals surface area contributed by atoms with Crippen molar-refractivity contribution in [1.82, 2.24) is 5.32 Å². The van der Waals surface area contributed by atoms with Crippen LogP contribution in [-0.4, -0.2) is 33.7 Å². The Bertz CT molecular complexity index is 730. The molecule has 0 heterocycles. The molecule has 25 heavy (non-hydrogen) atoms. The molecule has 0 spiro atoms. The van der Waals surface area contributed by atoms with Crippen LogP contribution in [0, 0.1) is 0 Å². The van der Waals surface area contributed by atoms with Gasteiger partial charge in [-0.2, -0.15) is 0 Å². The summed E-state index contributed by atoms with van der Waals surface area (Å²) in [6.45, 7) is 0.809. The van der Waals surface area contributed by atoms with E-state index in [4.69, 9.17) is 4.74 Å². The van der Waals surface area contributed by atoms with Crippen molar-refractivity contribution >= 4 is 27.9 Å². The number of quaternary nitrogens is 1. The lowest BCUT2D eigenvalue weighted by molar-refractivity contribution is -0.860. The van der Waals surface area contributed by atoms with Crippen molar-refractivity contribution in [2.75, 3.05) is 27.7 Å². The van der Waals surface area contributed by atoms with Gasteiger partial charge in [0, 0.05) is 16.1 Å². The highest BCUT2D eigenvalue weighted by atomic mass is 79.9. The first-order valence-corrected chi connectivity index (χ1v) is 8.95. The standard InChI is InChI=1S/C20H23BrN2O2/c1-23(2)14-18(15-7-5-4-6-8-15)22-20(24)12-9-16-13-17(21)10-11-19(16)25-3/h4-13,18H,14H2,1-3H3,(H,22,24)/p+1/b12-9+/t18-/m0/s1. The van der Waals surface area contributed by atoms with Crippen LogP contribution in [0.3, 0.4) is 0 Å². The minimum absolute atomic E-state index is 0.0345. The van der Waals surface area contributed by atoms with Crippen molar-refractivity contribution in [2.24, 2.45) is 0 Å². The predicted octanol–water partition coefficient (Wildman–Crippen LogP) is 2.47. The van der Waals surface area contributed by atoms with Crippen LogP contribution < -0.4 is 15.0 Å². The third-order valence-corrected chi connectivity index (χ3v) is 4.23. The molecule has 0 aliphatic heterocycles. The Morgan fingerprint density at radius 3 is 2.60 bits per heavy atom. The molecule has 2 rings (SSSR count). The molecule has 4 nitrogen and oxygen atoms in total. The van der Waals surface area contributed by atoms with Gasteiger partial charge in [0.25, 0.3) is 0 Å². The van der Waals surface area contributed by atoms with E-state index < -0.39 is 0 Å². The largest absolute Gasteiger partial charge is 0.496 e. The quantitative estimate of drug-likeness (QED) is 0.697. The second kappa shape index (κ2) is 9.39. The average Bonchev–Trinajstić information content (AvgIpc) is 2.60. The molecule has 0 saturated carbocycles. The van der Waals surface area contributed by atoms with Crippen LogP contribution in [-0.2, 0) is 4.79 Å². The molecule has 5 heteroatoms. The summed E-state index contributed by atoms with van der Waals surface area (Å²) in [5.74, 6) is 0.599. The Kier molecular flexibility index (Phi) is 7.22. The second-order valence-electron chi connectivity index (χ2n) is 6.10. The smallest absolute Gasteiger partial charge is 0.244 e. The lowest BCUT2D eigenvalue weighted by atomic mass is 10.1. The van der Waals surface area contributed by atoms with Crippen LogP contribution in [0.1, 0.15) is 17.2 Å². The Morgan fingerprint density at radius 2 is 1.96 bits per heavy atom. The summed E-state index contributed by atoms with van der Waals surface area (Å²) in [5, 5.41) is 3.09. The van der Waals surface area contributed by atoms with Crippen molar-refractivity contribution in [2.45, 2.75) is 6.04 Å². The van der Waals surface area contributed by atoms with Gasteiger partial charge in [-0.1, -0.05) is 46.3 Å². The first-order chi connectivity index (χ1) is 12.0. The van der Waals surface area contributed by atoms with E-state index >= 15 is 0 Å². The minimum atomic E-state index is -0.128. The number of methoxy groups -OCH3 is 1. The van der Waals surface area contributed by atoms with E-state index in [1.807, 2.05) is 48.5 Å². The second-order valence-corrected chi connectivity index (χ2v) is 7.02. The van der Waals surface area contributed by atoms with E-state index in [2.05, 4.69) is 35.3 Å².